The highest BCUT2D eigenvalue weighted by Gasteiger charge is 2.17. The molecule has 0 aromatic heterocycles. The van der Waals surface area contributed by atoms with E-state index in [1.54, 1.807) is 31.2 Å². The summed E-state index contributed by atoms with van der Waals surface area (Å²) in [7, 11) is 0. The number of unbranched alkanes of at least 4 members (excludes halogenated alkanes) is 1. The SMILES string of the molecule is Cc1cccc(C(=O)NCCCCN)c1NC(=O)c1ccccc1F.Cl. The van der Waals surface area contributed by atoms with Crippen LogP contribution in [0, 0.1) is 12.7 Å². The number of carbonyl (C=O) groups excluding carboxylic acids is 2. The minimum atomic E-state index is -0.610. The van der Waals surface area contributed by atoms with Gasteiger partial charge < -0.3 is 16.4 Å². The van der Waals surface area contributed by atoms with Gasteiger partial charge >= 0.3 is 0 Å². The molecular weight excluding hydrogens is 357 g/mol. The van der Waals surface area contributed by atoms with E-state index in [0.717, 1.165) is 18.4 Å². The van der Waals surface area contributed by atoms with Crippen LogP contribution in [0.3, 0.4) is 0 Å². The van der Waals surface area contributed by atoms with Crippen molar-refractivity contribution in [2.75, 3.05) is 18.4 Å². The number of para-hydroxylation sites is 1. The third kappa shape index (κ3) is 5.54. The first-order valence-corrected chi connectivity index (χ1v) is 8.18. The lowest BCUT2D eigenvalue weighted by atomic mass is 10.1. The van der Waals surface area contributed by atoms with E-state index in [0.29, 0.717) is 24.3 Å². The average molecular weight is 380 g/mol. The monoisotopic (exact) mass is 379 g/mol. The molecule has 26 heavy (non-hydrogen) atoms. The molecule has 0 fully saturated rings. The second-order valence-electron chi connectivity index (χ2n) is 5.68. The van der Waals surface area contributed by atoms with Crippen molar-refractivity contribution in [2.24, 2.45) is 5.73 Å². The minimum absolute atomic E-state index is 0. The number of nitrogens with one attached hydrogen (secondary N) is 2. The van der Waals surface area contributed by atoms with E-state index >= 15 is 0 Å². The van der Waals surface area contributed by atoms with Crippen LogP contribution in [-0.2, 0) is 0 Å². The summed E-state index contributed by atoms with van der Waals surface area (Å²) in [5.41, 5.74) is 6.81. The van der Waals surface area contributed by atoms with Gasteiger partial charge in [0.1, 0.15) is 5.82 Å². The Morgan fingerprint density at radius 3 is 2.38 bits per heavy atom. The third-order valence-electron chi connectivity index (χ3n) is 3.79. The van der Waals surface area contributed by atoms with Crippen LogP contribution in [0.25, 0.3) is 0 Å². The molecule has 0 aliphatic carbocycles. The van der Waals surface area contributed by atoms with Gasteiger partial charge in [0, 0.05) is 6.54 Å². The summed E-state index contributed by atoms with van der Waals surface area (Å²) in [6.45, 7) is 2.86. The van der Waals surface area contributed by atoms with Crippen molar-refractivity contribution in [3.63, 3.8) is 0 Å². The first-order chi connectivity index (χ1) is 12.0. The number of anilines is 1. The van der Waals surface area contributed by atoms with Crippen LogP contribution in [0.1, 0.15) is 39.1 Å². The van der Waals surface area contributed by atoms with Crippen LogP contribution in [0.2, 0.25) is 0 Å². The van der Waals surface area contributed by atoms with Gasteiger partial charge in [-0.3, -0.25) is 9.59 Å². The topological polar surface area (TPSA) is 84.2 Å². The molecule has 0 saturated heterocycles. The Balaban J connectivity index is 0.00000338. The standard InChI is InChI=1S/C19H22FN3O2.ClH/c1-13-7-6-9-15(18(24)22-12-5-4-11-21)17(13)23-19(25)14-8-2-3-10-16(14)20;/h2-3,6-10H,4-5,11-12,21H2,1H3,(H,22,24)(H,23,25);1H. The van der Waals surface area contributed by atoms with E-state index in [4.69, 9.17) is 5.73 Å². The number of amides is 2. The second kappa shape index (κ2) is 10.5. The summed E-state index contributed by atoms with van der Waals surface area (Å²) >= 11 is 0. The lowest BCUT2D eigenvalue weighted by Gasteiger charge is -2.14. The van der Waals surface area contributed by atoms with Gasteiger partial charge in [0.05, 0.1) is 16.8 Å². The fourth-order valence-corrected chi connectivity index (χ4v) is 2.42. The maximum atomic E-state index is 13.8. The highest BCUT2D eigenvalue weighted by Crippen LogP contribution is 2.22. The summed E-state index contributed by atoms with van der Waals surface area (Å²) in [5.74, 6) is -1.49. The molecule has 0 radical (unpaired) electrons. The normalized spacial score (nSPS) is 9.96. The highest BCUT2D eigenvalue weighted by molar-refractivity contribution is 6.09. The zero-order valence-electron chi connectivity index (χ0n) is 14.5. The Bertz CT molecular complexity index is 768. The van der Waals surface area contributed by atoms with Crippen LogP contribution in [-0.4, -0.2) is 24.9 Å². The average Bonchev–Trinajstić information content (AvgIpc) is 2.60. The summed E-state index contributed by atoms with van der Waals surface area (Å²) in [4.78, 5) is 24.8. The van der Waals surface area contributed by atoms with Gasteiger partial charge in [-0.05, 0) is 50.1 Å². The number of aryl methyl sites for hydroxylation is 1. The molecule has 0 aliphatic rings. The summed E-state index contributed by atoms with van der Waals surface area (Å²) in [6.07, 6.45) is 1.61. The maximum Gasteiger partial charge on any atom is 0.258 e. The molecule has 2 aromatic carbocycles. The third-order valence-corrected chi connectivity index (χ3v) is 3.79. The van der Waals surface area contributed by atoms with Crippen molar-refractivity contribution in [1.82, 2.24) is 5.32 Å². The number of carbonyl (C=O) groups is 2. The molecule has 2 rings (SSSR count). The number of halogens is 2. The molecule has 0 aliphatic heterocycles. The number of hydrogen-bond acceptors (Lipinski definition) is 3. The maximum absolute atomic E-state index is 13.8. The van der Waals surface area contributed by atoms with E-state index in [2.05, 4.69) is 10.6 Å². The van der Waals surface area contributed by atoms with Gasteiger partial charge in [-0.1, -0.05) is 24.3 Å². The minimum Gasteiger partial charge on any atom is -0.352 e. The molecule has 2 aromatic rings. The molecule has 5 nitrogen and oxygen atoms in total. The van der Waals surface area contributed by atoms with Crippen molar-refractivity contribution in [3.8, 4) is 0 Å². The molecule has 0 atom stereocenters. The Morgan fingerprint density at radius 2 is 1.69 bits per heavy atom. The number of nitrogens with two attached hydrogens (primary N) is 1. The predicted octanol–water partition coefficient (Wildman–Crippen LogP) is 3.28. The van der Waals surface area contributed by atoms with Crippen molar-refractivity contribution >= 4 is 29.9 Å². The van der Waals surface area contributed by atoms with Crippen LogP contribution in [0.4, 0.5) is 10.1 Å². The second-order valence-corrected chi connectivity index (χ2v) is 5.68. The smallest absolute Gasteiger partial charge is 0.258 e. The molecule has 4 N–H and O–H groups in total. The molecular formula is C19H23ClFN3O2. The predicted molar refractivity (Wildman–Crippen MR) is 103 cm³/mol. The van der Waals surface area contributed by atoms with E-state index in [1.165, 1.54) is 18.2 Å². The van der Waals surface area contributed by atoms with Crippen LogP contribution >= 0.6 is 12.4 Å². The number of benzene rings is 2. The number of rotatable bonds is 7. The highest BCUT2D eigenvalue weighted by atomic mass is 35.5. The van der Waals surface area contributed by atoms with Crippen molar-refractivity contribution < 1.29 is 14.0 Å². The fraction of sp³-hybridized carbons (Fsp3) is 0.263. The van der Waals surface area contributed by atoms with Crippen LogP contribution in [0.15, 0.2) is 42.5 Å². The van der Waals surface area contributed by atoms with Gasteiger partial charge in [-0.25, -0.2) is 4.39 Å². The zero-order chi connectivity index (χ0) is 18.2. The van der Waals surface area contributed by atoms with E-state index in [9.17, 15) is 14.0 Å². The van der Waals surface area contributed by atoms with Crippen molar-refractivity contribution in [1.29, 1.82) is 0 Å². The Morgan fingerprint density at radius 1 is 1.00 bits per heavy atom. The van der Waals surface area contributed by atoms with Crippen LogP contribution < -0.4 is 16.4 Å². The van der Waals surface area contributed by atoms with Crippen LogP contribution in [0.5, 0.6) is 0 Å². The Hall–Kier alpha value is -2.44. The molecule has 0 heterocycles. The molecule has 140 valence electrons. The quantitative estimate of drug-likeness (QED) is 0.645. The van der Waals surface area contributed by atoms with Gasteiger partial charge in [0.15, 0.2) is 0 Å². The molecule has 0 unspecified atom stereocenters. The summed E-state index contributed by atoms with van der Waals surface area (Å²) < 4.78 is 13.8. The molecule has 2 amide bonds. The number of hydrogen-bond donors (Lipinski definition) is 3. The first-order valence-electron chi connectivity index (χ1n) is 8.18. The first kappa shape index (κ1) is 21.6. The zero-order valence-corrected chi connectivity index (χ0v) is 15.4. The van der Waals surface area contributed by atoms with Gasteiger partial charge in [-0.15, -0.1) is 12.4 Å². The van der Waals surface area contributed by atoms with Gasteiger partial charge in [0.25, 0.3) is 11.8 Å². The Kier molecular flexibility index (Phi) is 8.75. The van der Waals surface area contributed by atoms with Crippen molar-refractivity contribution in [3.05, 3.63) is 65.0 Å². The molecule has 0 spiro atoms. The summed E-state index contributed by atoms with van der Waals surface area (Å²) in [6, 6.07) is 10.9. The van der Waals surface area contributed by atoms with Gasteiger partial charge in [-0.2, -0.15) is 0 Å². The lowest BCUT2D eigenvalue weighted by molar-refractivity contribution is 0.0954. The molecule has 0 saturated carbocycles. The molecule has 0 bridgehead atoms. The fourth-order valence-electron chi connectivity index (χ4n) is 2.42. The van der Waals surface area contributed by atoms with Gasteiger partial charge in [0.2, 0.25) is 0 Å². The van der Waals surface area contributed by atoms with E-state index in [1.807, 2.05) is 0 Å². The van der Waals surface area contributed by atoms with E-state index < -0.39 is 11.7 Å². The lowest BCUT2D eigenvalue weighted by Crippen LogP contribution is -2.27. The molecule has 7 heteroatoms. The van der Waals surface area contributed by atoms with E-state index in [-0.39, 0.29) is 23.9 Å². The Labute approximate surface area is 158 Å². The van der Waals surface area contributed by atoms with Crippen molar-refractivity contribution in [2.45, 2.75) is 19.8 Å². The largest absolute Gasteiger partial charge is 0.352 e. The summed E-state index contributed by atoms with van der Waals surface area (Å²) in [5, 5.41) is 5.46.